The van der Waals surface area contributed by atoms with Crippen LogP contribution in [0.4, 0.5) is 0 Å². The molecule has 3 rings (SSSR count). The number of aliphatic imine (C=N–C) groups is 1. The van der Waals surface area contributed by atoms with Crippen molar-refractivity contribution < 1.29 is 14.3 Å². The summed E-state index contributed by atoms with van der Waals surface area (Å²) in [5, 5.41) is 10.7. The number of hydrogen-bond acceptors (Lipinski definition) is 6. The van der Waals surface area contributed by atoms with E-state index in [1.807, 2.05) is 30.3 Å². The summed E-state index contributed by atoms with van der Waals surface area (Å²) in [7, 11) is 0. The Balaban J connectivity index is 2.00. The van der Waals surface area contributed by atoms with E-state index in [1.54, 1.807) is 31.2 Å². The number of nitrogens with two attached hydrogens (primary N) is 1. The molecule has 2 aromatic rings. The first-order valence-electron chi connectivity index (χ1n) is 9.48. The zero-order valence-corrected chi connectivity index (χ0v) is 18.3. The zero-order chi connectivity index (χ0) is 22.4. The molecule has 2 atom stereocenters. The Morgan fingerprint density at radius 1 is 1.19 bits per heavy atom. The molecule has 0 fully saturated rings. The molecule has 1 heterocycles. The molecule has 0 aromatic heterocycles. The summed E-state index contributed by atoms with van der Waals surface area (Å²) in [4.78, 5) is 28.9. The van der Waals surface area contributed by atoms with Crippen molar-refractivity contribution in [2.24, 2.45) is 16.6 Å². The van der Waals surface area contributed by atoms with Gasteiger partial charge >= 0.3 is 5.97 Å². The number of thioether (sulfide) groups is 1. The fourth-order valence-corrected chi connectivity index (χ4v) is 4.45. The fourth-order valence-electron chi connectivity index (χ4n) is 3.39. The van der Waals surface area contributed by atoms with Gasteiger partial charge in [-0.15, -0.1) is 0 Å². The average Bonchev–Trinajstić information content (AvgIpc) is 2.76. The van der Waals surface area contributed by atoms with Crippen molar-refractivity contribution in [1.82, 2.24) is 0 Å². The van der Waals surface area contributed by atoms with Crippen LogP contribution in [0.25, 0.3) is 0 Å². The lowest BCUT2D eigenvalue weighted by atomic mass is 9.77. The maximum atomic E-state index is 13.2. The van der Waals surface area contributed by atoms with Crippen LogP contribution in [0.5, 0.6) is 0 Å². The maximum Gasteiger partial charge on any atom is 0.316 e. The zero-order valence-electron chi connectivity index (χ0n) is 16.7. The highest BCUT2D eigenvalue weighted by atomic mass is 35.5. The molecule has 31 heavy (non-hydrogen) atoms. The second kappa shape index (κ2) is 10.3. The van der Waals surface area contributed by atoms with Gasteiger partial charge in [0.15, 0.2) is 0 Å². The van der Waals surface area contributed by atoms with Crippen LogP contribution in [-0.2, 0) is 20.9 Å². The van der Waals surface area contributed by atoms with Gasteiger partial charge in [0.2, 0.25) is 5.91 Å². The Kier molecular flexibility index (Phi) is 7.50. The number of halogens is 1. The van der Waals surface area contributed by atoms with Crippen molar-refractivity contribution in [2.75, 3.05) is 5.75 Å². The third kappa shape index (κ3) is 5.35. The van der Waals surface area contributed by atoms with Gasteiger partial charge in [0, 0.05) is 16.7 Å². The van der Waals surface area contributed by atoms with E-state index < -0.39 is 23.7 Å². The van der Waals surface area contributed by atoms with Gasteiger partial charge < -0.3 is 10.5 Å². The summed E-state index contributed by atoms with van der Waals surface area (Å²) >= 11 is 7.51. The minimum atomic E-state index is -0.823. The second-order valence-electron chi connectivity index (χ2n) is 6.91. The van der Waals surface area contributed by atoms with E-state index in [-0.39, 0.29) is 17.9 Å². The molecule has 0 aliphatic carbocycles. The molecular weight excluding hydrogens is 434 g/mol. The molecule has 2 N–H and O–H groups in total. The van der Waals surface area contributed by atoms with Gasteiger partial charge in [0.05, 0.1) is 17.4 Å². The summed E-state index contributed by atoms with van der Waals surface area (Å²) in [6, 6.07) is 18.5. The summed E-state index contributed by atoms with van der Waals surface area (Å²) in [6.45, 7) is 1.81. The summed E-state index contributed by atoms with van der Waals surface area (Å²) in [6.07, 6.45) is 0. The quantitative estimate of drug-likeness (QED) is 0.632. The van der Waals surface area contributed by atoms with Crippen molar-refractivity contribution in [3.05, 3.63) is 81.3 Å². The van der Waals surface area contributed by atoms with Gasteiger partial charge in [0.25, 0.3) is 0 Å². The van der Waals surface area contributed by atoms with E-state index >= 15 is 0 Å². The van der Waals surface area contributed by atoms with Crippen LogP contribution in [0.3, 0.4) is 0 Å². The molecule has 0 spiro atoms. The molecule has 6 nitrogen and oxygen atoms in total. The SMILES string of the molecule is CC1=NC(SCC(N)=O)=C(C#N)[C@H](c2ccccc2Cl)C1C(=O)OCc1ccccc1. The van der Waals surface area contributed by atoms with Gasteiger partial charge in [-0.3, -0.25) is 9.59 Å². The second-order valence-corrected chi connectivity index (χ2v) is 8.28. The first-order chi connectivity index (χ1) is 14.9. The normalized spacial score (nSPS) is 18.2. The number of amides is 1. The standard InChI is InChI=1S/C23H20ClN3O3S/c1-14-20(23(29)30-12-15-7-3-2-4-8-15)21(16-9-5-6-10-18(16)24)17(11-25)22(27-14)31-13-19(26)28/h2-10,20-21H,12-13H2,1H3,(H2,26,28)/t20?,21-/m0/s1. The van der Waals surface area contributed by atoms with Crippen molar-refractivity contribution in [1.29, 1.82) is 5.26 Å². The number of esters is 1. The number of ether oxygens (including phenoxy) is 1. The van der Waals surface area contributed by atoms with Crippen LogP contribution in [0.1, 0.15) is 24.0 Å². The number of hydrogen-bond donors (Lipinski definition) is 1. The van der Waals surface area contributed by atoms with E-state index in [0.717, 1.165) is 17.3 Å². The number of nitrogens with zero attached hydrogens (tertiary/aromatic N) is 2. The molecule has 0 radical (unpaired) electrons. The minimum Gasteiger partial charge on any atom is -0.460 e. The van der Waals surface area contributed by atoms with Gasteiger partial charge in [-0.1, -0.05) is 71.9 Å². The molecule has 0 bridgehead atoms. The summed E-state index contributed by atoms with van der Waals surface area (Å²) in [5.74, 6) is -2.57. The van der Waals surface area contributed by atoms with Crippen LogP contribution in [-0.4, -0.2) is 23.3 Å². The minimum absolute atomic E-state index is 0.0321. The maximum absolute atomic E-state index is 13.2. The third-order valence-corrected chi connectivity index (χ3v) is 6.15. The summed E-state index contributed by atoms with van der Waals surface area (Å²) in [5.41, 5.74) is 7.47. The number of carbonyl (C=O) groups excluding carboxylic acids is 2. The van der Waals surface area contributed by atoms with Crippen LogP contribution < -0.4 is 5.73 Å². The van der Waals surface area contributed by atoms with E-state index in [0.29, 0.717) is 21.3 Å². The predicted octanol–water partition coefficient (Wildman–Crippen LogP) is 4.21. The lowest BCUT2D eigenvalue weighted by Crippen LogP contribution is -2.34. The molecule has 1 unspecified atom stereocenters. The van der Waals surface area contributed by atoms with Crippen molar-refractivity contribution in [3.8, 4) is 6.07 Å². The molecule has 1 aliphatic rings. The van der Waals surface area contributed by atoms with Crippen molar-refractivity contribution >= 4 is 41.0 Å². The van der Waals surface area contributed by atoms with Crippen molar-refractivity contribution in [2.45, 2.75) is 19.4 Å². The topological polar surface area (TPSA) is 106 Å². The molecule has 0 saturated carbocycles. The highest BCUT2D eigenvalue weighted by Gasteiger charge is 2.41. The Hall–Kier alpha value is -3.08. The Labute approximate surface area is 189 Å². The molecule has 0 saturated heterocycles. The number of nitriles is 1. The number of allylic oxidation sites excluding steroid dienone is 1. The number of rotatable bonds is 7. The van der Waals surface area contributed by atoms with Gasteiger partial charge in [0.1, 0.15) is 17.6 Å². The first-order valence-corrected chi connectivity index (χ1v) is 10.8. The van der Waals surface area contributed by atoms with E-state index in [1.165, 1.54) is 0 Å². The number of benzene rings is 2. The highest BCUT2D eigenvalue weighted by molar-refractivity contribution is 8.03. The molecule has 2 aromatic carbocycles. The number of primary amides is 1. The van der Waals surface area contributed by atoms with Crippen LogP contribution in [0.2, 0.25) is 5.02 Å². The van der Waals surface area contributed by atoms with Crippen LogP contribution in [0.15, 0.2) is 70.2 Å². The number of carbonyl (C=O) groups is 2. The smallest absolute Gasteiger partial charge is 0.316 e. The Morgan fingerprint density at radius 2 is 1.87 bits per heavy atom. The molecule has 1 amide bonds. The van der Waals surface area contributed by atoms with Crippen LogP contribution in [0, 0.1) is 17.2 Å². The largest absolute Gasteiger partial charge is 0.460 e. The molecule has 8 heteroatoms. The van der Waals surface area contributed by atoms with Gasteiger partial charge in [-0.2, -0.15) is 5.26 Å². The molecule has 158 valence electrons. The van der Waals surface area contributed by atoms with Gasteiger partial charge in [-0.25, -0.2) is 4.99 Å². The van der Waals surface area contributed by atoms with E-state index in [9.17, 15) is 14.9 Å². The highest BCUT2D eigenvalue weighted by Crippen LogP contribution is 2.44. The molecule has 1 aliphatic heterocycles. The van der Waals surface area contributed by atoms with Crippen LogP contribution >= 0.6 is 23.4 Å². The first kappa shape index (κ1) is 22.6. The fraction of sp³-hybridized carbons (Fsp3) is 0.217. The van der Waals surface area contributed by atoms with Crippen molar-refractivity contribution in [3.63, 3.8) is 0 Å². The van der Waals surface area contributed by atoms with Gasteiger partial charge in [-0.05, 0) is 24.1 Å². The van der Waals surface area contributed by atoms with E-state index in [4.69, 9.17) is 22.1 Å². The summed E-state index contributed by atoms with van der Waals surface area (Å²) < 4.78 is 5.58. The Bertz CT molecular complexity index is 1090. The van der Waals surface area contributed by atoms with E-state index in [2.05, 4.69) is 11.1 Å². The monoisotopic (exact) mass is 453 g/mol. The molecular formula is C23H20ClN3O3S. The Morgan fingerprint density at radius 3 is 2.52 bits per heavy atom. The average molecular weight is 454 g/mol. The predicted molar refractivity (Wildman–Crippen MR) is 121 cm³/mol. The lowest BCUT2D eigenvalue weighted by molar-refractivity contribution is -0.147. The lowest BCUT2D eigenvalue weighted by Gasteiger charge is -2.30. The third-order valence-electron chi connectivity index (χ3n) is 4.79.